The van der Waals surface area contributed by atoms with E-state index < -0.39 is 151 Å². The molecule has 10 atom stereocenters. The normalized spacial score (nSPS) is 15.1. The number of rotatable bonds is 39. The van der Waals surface area contributed by atoms with Crippen LogP contribution < -0.4 is 71.2 Å². The standard InChI is InChI=1S/C43H78N14O14S3/c1-21(2)18-29(40(68)52-27(11-13-32(60)61)37(65)51-26(10-12-31(46)59)38(66)56-30(20-73)42(70)71)55-36(64)25(9-7-16-49-43(47)48)50-39(67)28(14-17-74-4)53-35(63)24(8-5-6-15-44)54-41(69)33(22(3)58)57-34(62)23(45)19-72/h21-30,33,58,72-73H,5-20,44-45H2,1-4H3,(H2,46,59)(H,50,67)(H,51,65)(H,52,68)(H,53,63)(H,54,69)(H,55,64)(H,56,66)(H,57,62)(H,60,61)(H,70,71)(H4,47,48,49)/t22-,23+,24+,25+,26+,27+,28+,29+,30+,33+/m1/s1. The second kappa shape index (κ2) is 37.2. The highest BCUT2D eigenvalue weighted by Gasteiger charge is 2.36. The number of aliphatic imine (C=N–C) groups is 1. The molecule has 21 N–H and O–H groups in total. The Kier molecular flexibility index (Phi) is 34.3. The summed E-state index contributed by atoms with van der Waals surface area (Å²) in [5.41, 5.74) is 27.6. The highest BCUT2D eigenvalue weighted by Crippen LogP contribution is 2.12. The summed E-state index contributed by atoms with van der Waals surface area (Å²) in [6, 6.07) is -13.0. The SMILES string of the molecule is CSCC[C@H](NC(=O)[C@H](CCCCN)NC(=O)[C@@H](NC(=O)[C@@H](N)CS)[C@@H](C)O)C(=O)N[C@@H](CCCN=C(N)N)C(=O)N[C@@H](CC(C)C)C(=O)N[C@@H](CCC(=O)O)C(=O)N[C@@H](CCC(N)=O)C(=O)N[C@@H](CS)C(=O)O. The molecule has 0 aromatic carbocycles. The van der Waals surface area contributed by atoms with E-state index in [1.807, 2.05) is 0 Å². The zero-order valence-electron chi connectivity index (χ0n) is 42.1. The Balaban J connectivity index is 6.93. The molecule has 0 unspecified atom stereocenters. The first-order valence-corrected chi connectivity index (χ1v) is 26.4. The predicted octanol–water partition coefficient (Wildman–Crippen LogP) is -5.37. The van der Waals surface area contributed by atoms with Crippen molar-refractivity contribution in [2.45, 2.75) is 152 Å². The molecule has 0 bridgehead atoms. The van der Waals surface area contributed by atoms with E-state index in [9.17, 15) is 68.1 Å². The highest BCUT2D eigenvalue weighted by atomic mass is 32.2. The van der Waals surface area contributed by atoms with Crippen LogP contribution in [0.15, 0.2) is 4.99 Å². The highest BCUT2D eigenvalue weighted by molar-refractivity contribution is 7.98. The van der Waals surface area contributed by atoms with Gasteiger partial charge in [0, 0.05) is 30.9 Å². The number of primary amides is 1. The molecule has 31 heteroatoms. The Hall–Kier alpha value is -5.63. The molecule has 9 amide bonds. The summed E-state index contributed by atoms with van der Waals surface area (Å²) in [5.74, 6) is -11.9. The topological polar surface area (TPSA) is 487 Å². The number of aliphatic carboxylic acids is 2. The number of unbranched alkanes of at least 4 members (excludes halogenated alkanes) is 1. The number of amides is 9. The molecule has 0 aliphatic heterocycles. The van der Waals surface area contributed by atoms with Crippen molar-refractivity contribution < 1.29 is 68.1 Å². The molecule has 0 aromatic heterocycles. The van der Waals surface area contributed by atoms with Crippen LogP contribution in [0.4, 0.5) is 0 Å². The molecular weight excluding hydrogens is 1030 g/mol. The lowest BCUT2D eigenvalue weighted by Crippen LogP contribution is -2.61. The van der Waals surface area contributed by atoms with Crippen LogP contribution in [0.25, 0.3) is 0 Å². The maximum atomic E-state index is 14.2. The number of carboxylic acid groups (broad SMARTS) is 2. The van der Waals surface area contributed by atoms with Crippen molar-refractivity contribution in [2.75, 3.05) is 36.6 Å². The molecular formula is C43H78N14O14S3. The minimum Gasteiger partial charge on any atom is -0.481 e. The number of aliphatic hydroxyl groups is 1. The molecule has 0 saturated carbocycles. The minimum absolute atomic E-state index is 0.00632. The van der Waals surface area contributed by atoms with Crippen LogP contribution in [0.3, 0.4) is 0 Å². The zero-order chi connectivity index (χ0) is 56.7. The molecule has 0 saturated heterocycles. The fourth-order valence-corrected chi connectivity index (χ4v) is 7.55. The fraction of sp³-hybridized carbons (Fsp3) is 0.721. The van der Waals surface area contributed by atoms with Gasteiger partial charge in [-0.1, -0.05) is 13.8 Å². The van der Waals surface area contributed by atoms with E-state index in [4.69, 9.17) is 28.7 Å². The number of carbonyl (C=O) groups is 11. The van der Waals surface area contributed by atoms with Gasteiger partial charge in [0.2, 0.25) is 53.2 Å². The van der Waals surface area contributed by atoms with Crippen LogP contribution in [0, 0.1) is 5.92 Å². The van der Waals surface area contributed by atoms with Crippen LogP contribution in [-0.4, -0.2) is 183 Å². The average Bonchev–Trinajstić information content (AvgIpc) is 3.32. The number of thioether (sulfide) groups is 1. The molecule has 28 nitrogen and oxygen atoms in total. The third kappa shape index (κ3) is 28.2. The molecule has 0 fully saturated rings. The minimum atomic E-state index is -1.68. The molecule has 0 rings (SSSR count). The smallest absolute Gasteiger partial charge is 0.327 e. The van der Waals surface area contributed by atoms with E-state index in [1.165, 1.54) is 18.7 Å². The fourth-order valence-electron chi connectivity index (χ4n) is 6.66. The second-order valence-electron chi connectivity index (χ2n) is 17.5. The van der Waals surface area contributed by atoms with Gasteiger partial charge in [-0.25, -0.2) is 4.79 Å². The average molecular weight is 1110 g/mol. The van der Waals surface area contributed by atoms with Gasteiger partial charge in [0.15, 0.2) is 5.96 Å². The molecule has 0 aliphatic rings. The summed E-state index contributed by atoms with van der Waals surface area (Å²) < 4.78 is 0. The lowest BCUT2D eigenvalue weighted by atomic mass is 10.0. The maximum Gasteiger partial charge on any atom is 0.327 e. The van der Waals surface area contributed by atoms with Crippen LogP contribution in [0.2, 0.25) is 0 Å². The Morgan fingerprint density at radius 1 is 0.554 bits per heavy atom. The van der Waals surface area contributed by atoms with E-state index in [0.717, 1.165) is 0 Å². The summed E-state index contributed by atoms with van der Waals surface area (Å²) in [5, 5.41) is 48.9. The quantitative estimate of drug-likeness (QED) is 0.0118. The number of hydrogen-bond acceptors (Lipinski definition) is 18. The van der Waals surface area contributed by atoms with Gasteiger partial charge >= 0.3 is 11.9 Å². The Bertz CT molecular complexity index is 1920. The summed E-state index contributed by atoms with van der Waals surface area (Å²) in [6.45, 7) is 4.89. The van der Waals surface area contributed by atoms with E-state index in [0.29, 0.717) is 18.6 Å². The van der Waals surface area contributed by atoms with Gasteiger partial charge < -0.3 is 86.5 Å². The Morgan fingerprint density at radius 2 is 0.986 bits per heavy atom. The number of thiol groups is 2. The Labute approximate surface area is 445 Å². The maximum absolute atomic E-state index is 14.2. The molecule has 0 spiro atoms. The third-order valence-corrected chi connectivity index (χ3v) is 12.1. The third-order valence-electron chi connectivity index (χ3n) is 10.7. The number of guanidine groups is 1. The largest absolute Gasteiger partial charge is 0.481 e. The zero-order valence-corrected chi connectivity index (χ0v) is 44.7. The van der Waals surface area contributed by atoms with Gasteiger partial charge in [-0.15, -0.1) is 0 Å². The van der Waals surface area contributed by atoms with Crippen molar-refractivity contribution in [2.24, 2.45) is 39.6 Å². The van der Waals surface area contributed by atoms with Crippen LogP contribution in [0.1, 0.15) is 91.4 Å². The number of carbonyl (C=O) groups excluding carboxylic acids is 9. The van der Waals surface area contributed by atoms with Crippen molar-refractivity contribution in [3.05, 3.63) is 0 Å². The van der Waals surface area contributed by atoms with Gasteiger partial charge in [-0.05, 0) is 89.2 Å². The van der Waals surface area contributed by atoms with Crippen LogP contribution >= 0.6 is 37.0 Å². The molecule has 422 valence electrons. The summed E-state index contributed by atoms with van der Waals surface area (Å²) >= 11 is 9.21. The van der Waals surface area contributed by atoms with Gasteiger partial charge in [-0.2, -0.15) is 37.0 Å². The lowest BCUT2D eigenvalue weighted by Gasteiger charge is -2.29. The van der Waals surface area contributed by atoms with Gasteiger partial charge in [0.1, 0.15) is 48.3 Å². The van der Waals surface area contributed by atoms with Gasteiger partial charge in [0.05, 0.1) is 12.1 Å². The van der Waals surface area contributed by atoms with Crippen LogP contribution in [-0.2, 0) is 52.7 Å². The van der Waals surface area contributed by atoms with Crippen molar-refractivity contribution in [3.63, 3.8) is 0 Å². The molecule has 0 aromatic rings. The van der Waals surface area contributed by atoms with Crippen molar-refractivity contribution in [1.29, 1.82) is 0 Å². The second-order valence-corrected chi connectivity index (χ2v) is 19.3. The lowest BCUT2D eigenvalue weighted by molar-refractivity contribution is -0.141. The number of nitrogens with one attached hydrogen (secondary N) is 8. The number of nitrogens with zero attached hydrogens (tertiary/aromatic N) is 1. The summed E-state index contributed by atoms with van der Waals surface area (Å²) in [6.07, 6.45) is -1.08. The first kappa shape index (κ1) is 68.4. The molecule has 0 aliphatic carbocycles. The van der Waals surface area contributed by atoms with Crippen molar-refractivity contribution >= 4 is 108 Å². The number of nitrogens with two attached hydrogens (primary N) is 5. The Morgan fingerprint density at radius 3 is 1.39 bits per heavy atom. The monoisotopic (exact) mass is 1110 g/mol. The van der Waals surface area contributed by atoms with Crippen molar-refractivity contribution in [3.8, 4) is 0 Å². The van der Waals surface area contributed by atoms with E-state index in [1.54, 1.807) is 20.1 Å². The first-order chi connectivity index (χ1) is 34.7. The van der Waals surface area contributed by atoms with Crippen LogP contribution in [0.5, 0.6) is 0 Å². The number of aliphatic hydroxyl groups excluding tert-OH is 1. The van der Waals surface area contributed by atoms with E-state index in [-0.39, 0.29) is 68.6 Å². The van der Waals surface area contributed by atoms with E-state index in [2.05, 4.69) is 72.8 Å². The predicted molar refractivity (Wildman–Crippen MR) is 281 cm³/mol. The van der Waals surface area contributed by atoms with Crippen molar-refractivity contribution in [1.82, 2.24) is 42.5 Å². The van der Waals surface area contributed by atoms with E-state index >= 15 is 0 Å². The first-order valence-electron chi connectivity index (χ1n) is 23.8. The summed E-state index contributed by atoms with van der Waals surface area (Å²) in [7, 11) is 0. The number of carboxylic acids is 2. The number of hydrogen-bond donors (Lipinski definition) is 18. The van der Waals surface area contributed by atoms with Gasteiger partial charge in [-0.3, -0.25) is 52.9 Å². The molecule has 74 heavy (non-hydrogen) atoms. The summed E-state index contributed by atoms with van der Waals surface area (Å²) in [4.78, 5) is 148. The van der Waals surface area contributed by atoms with Gasteiger partial charge in [0.25, 0.3) is 0 Å². The molecule has 0 radical (unpaired) electrons. The molecule has 0 heterocycles.